The number of carboxylic acids is 1. The van der Waals surface area contributed by atoms with E-state index in [2.05, 4.69) is 17.4 Å². The molecule has 146 valence electrons. The summed E-state index contributed by atoms with van der Waals surface area (Å²) in [5.41, 5.74) is 2.09. The summed E-state index contributed by atoms with van der Waals surface area (Å²) in [6, 6.07) is 21.6. The molecule has 28 heavy (non-hydrogen) atoms. The predicted molar refractivity (Wildman–Crippen MR) is 116 cm³/mol. The quantitative estimate of drug-likeness (QED) is 0.520. The van der Waals surface area contributed by atoms with Gasteiger partial charge in [0.25, 0.3) is 0 Å². The fraction of sp³-hybridized carbons (Fsp3) is 0.261. The molecule has 3 rings (SSSR count). The lowest BCUT2D eigenvalue weighted by molar-refractivity contribution is -0.139. The van der Waals surface area contributed by atoms with Crippen LogP contribution in [0.1, 0.15) is 17.5 Å². The third kappa shape index (κ3) is 5.27. The Balaban J connectivity index is 1.83. The van der Waals surface area contributed by atoms with Crippen LogP contribution in [0.5, 0.6) is 5.75 Å². The number of benzene rings is 3. The highest BCUT2D eigenvalue weighted by Crippen LogP contribution is 2.29. The van der Waals surface area contributed by atoms with Gasteiger partial charge in [-0.05, 0) is 40.8 Å². The summed E-state index contributed by atoms with van der Waals surface area (Å²) < 4.78 is 6.11. The number of nitrogens with one attached hydrogen (secondary N) is 1. The van der Waals surface area contributed by atoms with Gasteiger partial charge in [0.05, 0.1) is 0 Å². The van der Waals surface area contributed by atoms with Crippen molar-refractivity contribution < 1.29 is 14.6 Å². The number of carbonyl (C=O) groups is 1. The molecule has 0 fully saturated rings. The highest BCUT2D eigenvalue weighted by molar-refractivity contribution is 7.98. The SMILES string of the molecule is CSCCC(NCc1c(OCc2ccccc2)ccc2ccccc12)C(=O)O. The molecule has 0 heterocycles. The molecule has 0 radical (unpaired) electrons. The molecule has 0 aromatic heterocycles. The van der Waals surface area contributed by atoms with Crippen LogP contribution in [0.2, 0.25) is 0 Å². The van der Waals surface area contributed by atoms with Gasteiger partial charge in [0, 0.05) is 12.1 Å². The number of carboxylic acid groups (broad SMARTS) is 1. The number of aliphatic carboxylic acids is 1. The smallest absolute Gasteiger partial charge is 0.320 e. The van der Waals surface area contributed by atoms with Gasteiger partial charge in [-0.1, -0.05) is 60.7 Å². The van der Waals surface area contributed by atoms with Crippen molar-refractivity contribution in [1.82, 2.24) is 5.32 Å². The van der Waals surface area contributed by atoms with Gasteiger partial charge in [-0.25, -0.2) is 0 Å². The van der Waals surface area contributed by atoms with Crippen molar-refractivity contribution in [2.75, 3.05) is 12.0 Å². The molecule has 0 saturated carbocycles. The fourth-order valence-electron chi connectivity index (χ4n) is 3.14. The first-order chi connectivity index (χ1) is 13.7. The maximum atomic E-state index is 11.6. The molecule has 0 aliphatic carbocycles. The number of rotatable bonds is 10. The second-order valence-corrected chi connectivity index (χ2v) is 7.58. The standard InChI is InChI=1S/C23H25NO3S/c1-28-14-13-21(23(25)26)24-15-20-19-10-6-5-9-18(19)11-12-22(20)27-16-17-7-3-2-4-8-17/h2-12,21,24H,13-16H2,1H3,(H,25,26). The number of hydrogen-bond acceptors (Lipinski definition) is 4. The average molecular weight is 396 g/mol. The van der Waals surface area contributed by atoms with E-state index in [0.717, 1.165) is 33.4 Å². The second kappa shape index (κ2) is 10.2. The van der Waals surface area contributed by atoms with Gasteiger partial charge < -0.3 is 15.2 Å². The Morgan fingerprint density at radius 1 is 1.07 bits per heavy atom. The minimum absolute atomic E-state index is 0.441. The summed E-state index contributed by atoms with van der Waals surface area (Å²) >= 11 is 1.65. The summed E-state index contributed by atoms with van der Waals surface area (Å²) in [4.78, 5) is 11.6. The monoisotopic (exact) mass is 395 g/mol. The predicted octanol–water partition coefficient (Wildman–Crippen LogP) is 4.71. The molecule has 1 unspecified atom stereocenters. The Hall–Kier alpha value is -2.50. The highest BCUT2D eigenvalue weighted by Gasteiger charge is 2.18. The molecule has 4 nitrogen and oxygen atoms in total. The first-order valence-electron chi connectivity index (χ1n) is 9.31. The Morgan fingerprint density at radius 2 is 1.82 bits per heavy atom. The van der Waals surface area contributed by atoms with E-state index in [4.69, 9.17) is 4.74 Å². The zero-order valence-electron chi connectivity index (χ0n) is 15.9. The lowest BCUT2D eigenvalue weighted by atomic mass is 10.0. The largest absolute Gasteiger partial charge is 0.489 e. The van der Waals surface area contributed by atoms with Crippen molar-refractivity contribution in [3.05, 3.63) is 77.9 Å². The van der Waals surface area contributed by atoms with Crippen LogP contribution < -0.4 is 10.1 Å². The molecule has 0 amide bonds. The van der Waals surface area contributed by atoms with Crippen LogP contribution in [0.25, 0.3) is 10.8 Å². The van der Waals surface area contributed by atoms with E-state index in [0.29, 0.717) is 19.6 Å². The van der Waals surface area contributed by atoms with Gasteiger partial charge in [0.15, 0.2) is 0 Å². The molecule has 0 bridgehead atoms. The van der Waals surface area contributed by atoms with Crippen LogP contribution >= 0.6 is 11.8 Å². The second-order valence-electron chi connectivity index (χ2n) is 6.59. The maximum Gasteiger partial charge on any atom is 0.320 e. The summed E-state index contributed by atoms with van der Waals surface area (Å²) in [5.74, 6) is 0.766. The number of fused-ring (bicyclic) bond motifs is 1. The van der Waals surface area contributed by atoms with Crippen molar-refractivity contribution in [2.24, 2.45) is 0 Å². The molecule has 0 saturated heterocycles. The van der Waals surface area contributed by atoms with E-state index in [-0.39, 0.29) is 0 Å². The minimum Gasteiger partial charge on any atom is -0.489 e. The third-order valence-corrected chi connectivity index (χ3v) is 5.31. The van der Waals surface area contributed by atoms with Crippen LogP contribution in [-0.2, 0) is 17.9 Å². The lowest BCUT2D eigenvalue weighted by Gasteiger charge is -2.18. The molecule has 0 aliphatic rings. The molecule has 3 aromatic rings. The van der Waals surface area contributed by atoms with Crippen LogP contribution in [0.3, 0.4) is 0 Å². The van der Waals surface area contributed by atoms with Gasteiger partial charge in [-0.2, -0.15) is 11.8 Å². The van der Waals surface area contributed by atoms with Crippen molar-refractivity contribution in [3.8, 4) is 5.75 Å². The molecular formula is C23H25NO3S. The van der Waals surface area contributed by atoms with Crippen LogP contribution in [-0.4, -0.2) is 29.1 Å². The Bertz CT molecular complexity index is 914. The van der Waals surface area contributed by atoms with Gasteiger partial charge >= 0.3 is 5.97 Å². The van der Waals surface area contributed by atoms with E-state index < -0.39 is 12.0 Å². The zero-order chi connectivity index (χ0) is 19.8. The number of hydrogen-bond donors (Lipinski definition) is 2. The van der Waals surface area contributed by atoms with Crippen LogP contribution in [0.4, 0.5) is 0 Å². The normalized spacial score (nSPS) is 12.0. The van der Waals surface area contributed by atoms with E-state index in [1.807, 2.05) is 60.9 Å². The molecule has 0 spiro atoms. The molecule has 2 N–H and O–H groups in total. The van der Waals surface area contributed by atoms with E-state index in [1.54, 1.807) is 11.8 Å². The lowest BCUT2D eigenvalue weighted by Crippen LogP contribution is -2.36. The van der Waals surface area contributed by atoms with Crippen LogP contribution in [0, 0.1) is 0 Å². The first-order valence-corrected chi connectivity index (χ1v) is 10.7. The van der Waals surface area contributed by atoms with Crippen molar-refractivity contribution in [2.45, 2.75) is 25.6 Å². The average Bonchev–Trinajstić information content (AvgIpc) is 2.73. The Morgan fingerprint density at radius 3 is 2.57 bits per heavy atom. The van der Waals surface area contributed by atoms with Gasteiger partial charge in [0.2, 0.25) is 0 Å². The highest BCUT2D eigenvalue weighted by atomic mass is 32.2. The minimum atomic E-state index is -0.818. The molecular weight excluding hydrogens is 370 g/mol. The first kappa shape index (κ1) is 20.2. The molecule has 3 aromatic carbocycles. The summed E-state index contributed by atoms with van der Waals surface area (Å²) in [6.45, 7) is 0.915. The molecule has 5 heteroatoms. The van der Waals surface area contributed by atoms with Gasteiger partial charge in [0.1, 0.15) is 18.4 Å². The zero-order valence-corrected chi connectivity index (χ0v) is 16.7. The van der Waals surface area contributed by atoms with Gasteiger partial charge in [-0.3, -0.25) is 4.79 Å². The summed E-state index contributed by atoms with van der Waals surface area (Å²) in [6.07, 6.45) is 2.57. The van der Waals surface area contributed by atoms with Crippen molar-refractivity contribution >= 4 is 28.5 Å². The number of thioether (sulfide) groups is 1. The maximum absolute atomic E-state index is 11.6. The topological polar surface area (TPSA) is 58.6 Å². The van der Waals surface area contributed by atoms with Crippen LogP contribution in [0.15, 0.2) is 66.7 Å². The fourth-order valence-corrected chi connectivity index (χ4v) is 3.61. The van der Waals surface area contributed by atoms with E-state index >= 15 is 0 Å². The Kier molecular flexibility index (Phi) is 7.34. The van der Waals surface area contributed by atoms with E-state index in [9.17, 15) is 9.90 Å². The van der Waals surface area contributed by atoms with E-state index in [1.165, 1.54) is 0 Å². The summed E-state index contributed by atoms with van der Waals surface area (Å²) in [7, 11) is 0. The van der Waals surface area contributed by atoms with Crippen molar-refractivity contribution in [3.63, 3.8) is 0 Å². The third-order valence-electron chi connectivity index (χ3n) is 4.67. The molecule has 1 atom stereocenters. The number of ether oxygens (including phenoxy) is 1. The summed E-state index contributed by atoms with van der Waals surface area (Å²) in [5, 5.41) is 14.9. The van der Waals surface area contributed by atoms with Crippen molar-refractivity contribution in [1.29, 1.82) is 0 Å². The van der Waals surface area contributed by atoms with Gasteiger partial charge in [-0.15, -0.1) is 0 Å². The molecule has 0 aliphatic heterocycles. The Labute approximate surface area is 169 Å².